The summed E-state index contributed by atoms with van der Waals surface area (Å²) in [5.41, 5.74) is 2.02. The number of carbonyl (C=O) groups is 1. The van der Waals surface area contributed by atoms with Gasteiger partial charge < -0.3 is 10.2 Å². The van der Waals surface area contributed by atoms with Gasteiger partial charge >= 0.3 is 0 Å². The predicted octanol–water partition coefficient (Wildman–Crippen LogP) is 3.53. The van der Waals surface area contributed by atoms with Gasteiger partial charge in [0.2, 0.25) is 5.91 Å². The zero-order chi connectivity index (χ0) is 14.3. The number of hydrogen-bond donors (Lipinski definition) is 1. The summed E-state index contributed by atoms with van der Waals surface area (Å²) >= 11 is 6.34. The van der Waals surface area contributed by atoms with Gasteiger partial charge in [0.05, 0.1) is 0 Å². The van der Waals surface area contributed by atoms with Crippen molar-refractivity contribution in [2.75, 3.05) is 18.0 Å². The molecular formula is C16H22Cl2N2O. The van der Waals surface area contributed by atoms with E-state index in [-0.39, 0.29) is 23.7 Å². The molecule has 116 valence electrons. The average molecular weight is 329 g/mol. The molecule has 1 amide bonds. The van der Waals surface area contributed by atoms with Crippen LogP contribution in [0.3, 0.4) is 0 Å². The maximum absolute atomic E-state index is 12.6. The van der Waals surface area contributed by atoms with Crippen molar-refractivity contribution in [1.29, 1.82) is 0 Å². The van der Waals surface area contributed by atoms with Crippen LogP contribution in [0.4, 0.5) is 5.69 Å². The quantitative estimate of drug-likeness (QED) is 0.900. The smallest absolute Gasteiger partial charge is 0.228 e. The lowest BCUT2D eigenvalue weighted by Crippen LogP contribution is -2.37. The monoisotopic (exact) mass is 328 g/mol. The number of fused-ring (bicyclic) bond motifs is 1. The summed E-state index contributed by atoms with van der Waals surface area (Å²) in [6.45, 7) is 6.06. The van der Waals surface area contributed by atoms with Crippen LogP contribution in [0.1, 0.15) is 38.7 Å². The van der Waals surface area contributed by atoms with Crippen LogP contribution in [0.25, 0.3) is 0 Å². The molecule has 0 aromatic heterocycles. The van der Waals surface area contributed by atoms with Gasteiger partial charge in [-0.2, -0.15) is 0 Å². The first kappa shape index (κ1) is 16.6. The Hall–Kier alpha value is -0.770. The fourth-order valence-electron chi connectivity index (χ4n) is 3.44. The molecule has 1 saturated heterocycles. The first-order valence-corrected chi connectivity index (χ1v) is 7.69. The van der Waals surface area contributed by atoms with E-state index in [9.17, 15) is 4.79 Å². The number of hydrogen-bond acceptors (Lipinski definition) is 2. The molecule has 0 spiro atoms. The van der Waals surface area contributed by atoms with Crippen molar-refractivity contribution in [3.05, 3.63) is 28.8 Å². The summed E-state index contributed by atoms with van der Waals surface area (Å²) in [6, 6.07) is 6.19. The lowest BCUT2D eigenvalue weighted by molar-refractivity contribution is -0.119. The van der Waals surface area contributed by atoms with Crippen LogP contribution < -0.4 is 10.2 Å². The Bertz CT molecular complexity index is 539. The second kappa shape index (κ2) is 6.15. The van der Waals surface area contributed by atoms with Crippen molar-refractivity contribution >= 4 is 35.6 Å². The van der Waals surface area contributed by atoms with Gasteiger partial charge in [0.25, 0.3) is 0 Å². The SMILES string of the molecule is CC1(C)CN(C(=O)CC2CCCN2)c2cccc(Cl)c21.Cl. The summed E-state index contributed by atoms with van der Waals surface area (Å²) in [5, 5.41) is 4.16. The highest BCUT2D eigenvalue weighted by molar-refractivity contribution is 6.32. The first-order valence-electron chi connectivity index (χ1n) is 7.32. The molecular weight excluding hydrogens is 307 g/mol. The standard InChI is InChI=1S/C16H21ClN2O.ClH/c1-16(2)10-19(13-7-3-6-12(17)15(13)16)14(20)9-11-5-4-8-18-11;/h3,6-7,11,18H,4-5,8-10H2,1-2H3;1H. The van der Waals surface area contributed by atoms with Crippen LogP contribution in [0, 0.1) is 0 Å². The van der Waals surface area contributed by atoms with E-state index in [1.54, 1.807) is 0 Å². The Kier molecular flexibility index (Phi) is 4.86. The molecule has 3 nitrogen and oxygen atoms in total. The molecule has 1 aromatic rings. The minimum Gasteiger partial charge on any atom is -0.313 e. The number of benzene rings is 1. The van der Waals surface area contributed by atoms with Crippen LogP contribution in [0.2, 0.25) is 5.02 Å². The largest absolute Gasteiger partial charge is 0.313 e. The number of anilines is 1. The highest BCUT2D eigenvalue weighted by atomic mass is 35.5. The summed E-state index contributed by atoms with van der Waals surface area (Å²) in [4.78, 5) is 14.5. The molecule has 1 fully saturated rings. The van der Waals surface area contributed by atoms with Crippen LogP contribution in [0.15, 0.2) is 18.2 Å². The second-order valence-electron chi connectivity index (χ2n) is 6.50. The fourth-order valence-corrected chi connectivity index (χ4v) is 3.87. The van der Waals surface area contributed by atoms with Gasteiger partial charge in [0.15, 0.2) is 0 Å². The molecule has 2 aliphatic heterocycles. The molecule has 2 aliphatic rings. The van der Waals surface area contributed by atoms with Crippen molar-refractivity contribution in [3.63, 3.8) is 0 Å². The minimum absolute atomic E-state index is 0. The number of nitrogens with zero attached hydrogens (tertiary/aromatic N) is 1. The van der Waals surface area contributed by atoms with Crippen molar-refractivity contribution in [2.45, 2.75) is 44.6 Å². The van der Waals surface area contributed by atoms with Crippen LogP contribution in [-0.2, 0) is 10.2 Å². The lowest BCUT2D eigenvalue weighted by atomic mass is 9.87. The van der Waals surface area contributed by atoms with Gasteiger partial charge in [-0.05, 0) is 31.5 Å². The molecule has 0 aliphatic carbocycles. The van der Waals surface area contributed by atoms with E-state index in [4.69, 9.17) is 11.6 Å². The summed E-state index contributed by atoms with van der Waals surface area (Å²) in [7, 11) is 0. The van der Waals surface area contributed by atoms with Gasteiger partial charge in [-0.1, -0.05) is 31.5 Å². The third-order valence-electron chi connectivity index (χ3n) is 4.40. The van der Waals surface area contributed by atoms with Gasteiger partial charge in [-0.15, -0.1) is 12.4 Å². The van der Waals surface area contributed by atoms with E-state index in [1.807, 2.05) is 23.1 Å². The zero-order valence-electron chi connectivity index (χ0n) is 12.5. The van der Waals surface area contributed by atoms with Crippen molar-refractivity contribution in [1.82, 2.24) is 5.32 Å². The molecule has 0 radical (unpaired) electrons. The Morgan fingerprint density at radius 3 is 2.90 bits per heavy atom. The topological polar surface area (TPSA) is 32.3 Å². The van der Waals surface area contributed by atoms with Gasteiger partial charge in [0.1, 0.15) is 0 Å². The lowest BCUT2D eigenvalue weighted by Gasteiger charge is -2.22. The molecule has 1 atom stereocenters. The third-order valence-corrected chi connectivity index (χ3v) is 4.71. The highest BCUT2D eigenvalue weighted by Crippen LogP contribution is 2.44. The maximum atomic E-state index is 12.6. The molecule has 0 bridgehead atoms. The molecule has 3 rings (SSSR count). The van der Waals surface area contributed by atoms with Gasteiger partial charge in [0, 0.05) is 40.7 Å². The number of rotatable bonds is 2. The molecule has 21 heavy (non-hydrogen) atoms. The third kappa shape index (κ3) is 3.05. The molecule has 2 heterocycles. The Morgan fingerprint density at radius 1 is 1.48 bits per heavy atom. The molecule has 1 unspecified atom stereocenters. The fraction of sp³-hybridized carbons (Fsp3) is 0.562. The van der Waals surface area contributed by atoms with Gasteiger partial charge in [-0.3, -0.25) is 4.79 Å². The van der Waals surface area contributed by atoms with Crippen LogP contribution in [-0.4, -0.2) is 25.0 Å². The van der Waals surface area contributed by atoms with E-state index < -0.39 is 0 Å². The summed E-state index contributed by atoms with van der Waals surface area (Å²) in [5.74, 6) is 0.207. The molecule has 0 saturated carbocycles. The number of carbonyl (C=O) groups excluding carboxylic acids is 1. The average Bonchev–Trinajstić information content (AvgIpc) is 2.96. The number of amides is 1. The van der Waals surface area contributed by atoms with Crippen LogP contribution >= 0.6 is 24.0 Å². The van der Waals surface area contributed by atoms with Crippen LogP contribution in [0.5, 0.6) is 0 Å². The van der Waals surface area contributed by atoms with E-state index in [0.29, 0.717) is 12.5 Å². The number of halogens is 2. The molecule has 1 N–H and O–H groups in total. The van der Waals surface area contributed by atoms with E-state index in [1.165, 1.54) is 6.42 Å². The Balaban J connectivity index is 0.00000161. The second-order valence-corrected chi connectivity index (χ2v) is 6.90. The predicted molar refractivity (Wildman–Crippen MR) is 89.7 cm³/mol. The van der Waals surface area contributed by atoms with Crippen molar-refractivity contribution in [3.8, 4) is 0 Å². The zero-order valence-corrected chi connectivity index (χ0v) is 14.1. The van der Waals surface area contributed by atoms with Gasteiger partial charge in [-0.25, -0.2) is 0 Å². The van der Waals surface area contributed by atoms with Crippen molar-refractivity contribution < 1.29 is 4.79 Å². The molecule has 1 aromatic carbocycles. The van der Waals surface area contributed by atoms with Crippen molar-refractivity contribution in [2.24, 2.45) is 0 Å². The minimum atomic E-state index is -0.0769. The van der Waals surface area contributed by atoms with E-state index in [0.717, 1.165) is 35.8 Å². The normalized spacial score (nSPS) is 22.8. The number of nitrogens with one attached hydrogen (secondary N) is 1. The maximum Gasteiger partial charge on any atom is 0.228 e. The molecule has 5 heteroatoms. The summed E-state index contributed by atoms with van der Waals surface area (Å²) in [6.07, 6.45) is 2.86. The van der Waals surface area contributed by atoms with E-state index >= 15 is 0 Å². The Morgan fingerprint density at radius 2 is 2.24 bits per heavy atom. The first-order chi connectivity index (χ1) is 9.49. The highest BCUT2D eigenvalue weighted by Gasteiger charge is 2.39. The Labute approximate surface area is 137 Å². The summed E-state index contributed by atoms with van der Waals surface area (Å²) < 4.78 is 0. The van der Waals surface area contributed by atoms with E-state index in [2.05, 4.69) is 19.2 Å².